The Bertz CT molecular complexity index is 1320. The number of halogens is 1. The number of aryl methyl sites for hydroxylation is 2. The lowest BCUT2D eigenvalue weighted by Gasteiger charge is -2.19. The number of hydrogen-bond donors (Lipinski definition) is 4. The highest BCUT2D eigenvalue weighted by molar-refractivity contribution is 6.31. The van der Waals surface area contributed by atoms with E-state index >= 15 is 0 Å². The van der Waals surface area contributed by atoms with Crippen molar-refractivity contribution in [3.05, 3.63) is 90.2 Å². The van der Waals surface area contributed by atoms with Gasteiger partial charge in [0.2, 0.25) is 0 Å². The zero-order chi connectivity index (χ0) is 20.0. The predicted octanol–water partition coefficient (Wildman–Crippen LogP) is 3.10. The van der Waals surface area contributed by atoms with E-state index in [1.807, 2.05) is 0 Å². The van der Waals surface area contributed by atoms with Crippen molar-refractivity contribution in [3.8, 4) is 5.75 Å². The number of phenolic OH excluding ortho intramolecular Hbond substituents is 1. The number of nitrogens with zero attached hydrogens (tertiary/aromatic N) is 1. The van der Waals surface area contributed by atoms with Crippen LogP contribution < -0.4 is 11.1 Å². The molecule has 0 fully saturated rings. The fraction of sp³-hybridized carbons (Fsp3) is 0.150. The standard InChI is InChI=1S/C20H17ClN4O3/c1-9-7-15(26)13(8-14(9)21)17(16-10(2)22-25-20(16)28)18-11-5-3-4-6-12(11)19(27)24-23-18/h3-8,17,26H,1-2H3,(H,24,27)(H2,22,25,28). The number of fused-ring (bicyclic) bond motifs is 1. The number of benzene rings is 2. The molecular formula is C20H17ClN4O3. The minimum atomic E-state index is -0.741. The Balaban J connectivity index is 2.13. The third kappa shape index (κ3) is 2.80. The lowest BCUT2D eigenvalue weighted by molar-refractivity contribution is 0.466. The van der Waals surface area contributed by atoms with Crippen LogP contribution >= 0.6 is 11.6 Å². The summed E-state index contributed by atoms with van der Waals surface area (Å²) < 4.78 is 0. The first-order valence-electron chi connectivity index (χ1n) is 8.62. The number of nitrogens with one attached hydrogen (secondary N) is 3. The van der Waals surface area contributed by atoms with E-state index in [2.05, 4.69) is 20.4 Å². The van der Waals surface area contributed by atoms with Gasteiger partial charge in [0.15, 0.2) is 0 Å². The number of aromatic hydroxyl groups is 1. The molecule has 4 N–H and O–H groups in total. The molecule has 2 heterocycles. The van der Waals surface area contributed by atoms with Crippen molar-refractivity contribution in [1.82, 2.24) is 20.4 Å². The molecule has 0 saturated carbocycles. The van der Waals surface area contributed by atoms with E-state index in [1.165, 1.54) is 0 Å². The van der Waals surface area contributed by atoms with Gasteiger partial charge in [-0.05, 0) is 37.6 Å². The maximum absolute atomic E-state index is 12.6. The van der Waals surface area contributed by atoms with Gasteiger partial charge in [-0.1, -0.05) is 29.8 Å². The van der Waals surface area contributed by atoms with Crippen LogP contribution in [0.3, 0.4) is 0 Å². The summed E-state index contributed by atoms with van der Waals surface area (Å²) in [5.41, 5.74) is 1.90. The Morgan fingerprint density at radius 1 is 1.04 bits per heavy atom. The van der Waals surface area contributed by atoms with Crippen LogP contribution in [0.2, 0.25) is 5.02 Å². The van der Waals surface area contributed by atoms with E-state index in [4.69, 9.17) is 11.6 Å². The van der Waals surface area contributed by atoms with Gasteiger partial charge in [-0.25, -0.2) is 5.10 Å². The topological polar surface area (TPSA) is 115 Å². The summed E-state index contributed by atoms with van der Waals surface area (Å²) in [6.45, 7) is 3.53. The lowest BCUT2D eigenvalue weighted by atomic mass is 9.85. The summed E-state index contributed by atoms with van der Waals surface area (Å²) in [5.74, 6) is -0.751. The van der Waals surface area contributed by atoms with Gasteiger partial charge in [-0.3, -0.25) is 14.7 Å². The molecule has 0 saturated heterocycles. The van der Waals surface area contributed by atoms with Gasteiger partial charge in [0.05, 0.1) is 22.6 Å². The fourth-order valence-electron chi connectivity index (χ4n) is 3.51. The van der Waals surface area contributed by atoms with Gasteiger partial charge in [-0.15, -0.1) is 0 Å². The molecule has 142 valence electrons. The van der Waals surface area contributed by atoms with Crippen LogP contribution in [-0.4, -0.2) is 25.5 Å². The summed E-state index contributed by atoms with van der Waals surface area (Å²) in [7, 11) is 0. The van der Waals surface area contributed by atoms with Crippen molar-refractivity contribution in [2.24, 2.45) is 0 Å². The second-order valence-corrected chi connectivity index (χ2v) is 7.10. The molecule has 4 rings (SSSR count). The zero-order valence-electron chi connectivity index (χ0n) is 15.1. The van der Waals surface area contributed by atoms with Crippen LogP contribution in [0, 0.1) is 13.8 Å². The second-order valence-electron chi connectivity index (χ2n) is 6.69. The van der Waals surface area contributed by atoms with Gasteiger partial charge in [0.1, 0.15) is 5.75 Å². The van der Waals surface area contributed by atoms with Gasteiger partial charge < -0.3 is 10.2 Å². The Kier molecular flexibility index (Phi) is 4.31. The van der Waals surface area contributed by atoms with Crippen LogP contribution in [0.15, 0.2) is 46.0 Å². The van der Waals surface area contributed by atoms with Crippen molar-refractivity contribution >= 4 is 22.4 Å². The van der Waals surface area contributed by atoms with Crippen LogP contribution in [0.4, 0.5) is 0 Å². The number of hydrogen-bond acceptors (Lipinski definition) is 4. The molecule has 0 bridgehead atoms. The van der Waals surface area contributed by atoms with Crippen molar-refractivity contribution in [2.75, 3.05) is 0 Å². The van der Waals surface area contributed by atoms with Crippen molar-refractivity contribution in [3.63, 3.8) is 0 Å². The Hall–Kier alpha value is -3.32. The van der Waals surface area contributed by atoms with Crippen molar-refractivity contribution in [1.29, 1.82) is 0 Å². The van der Waals surface area contributed by atoms with E-state index in [9.17, 15) is 14.7 Å². The van der Waals surface area contributed by atoms with Crippen LogP contribution in [0.1, 0.15) is 34.0 Å². The van der Waals surface area contributed by atoms with E-state index in [0.29, 0.717) is 43.9 Å². The van der Waals surface area contributed by atoms with Crippen LogP contribution in [0.5, 0.6) is 5.75 Å². The molecule has 0 aliphatic heterocycles. The van der Waals surface area contributed by atoms with E-state index in [0.717, 1.165) is 0 Å². The minimum absolute atomic E-state index is 0.0102. The molecular weight excluding hydrogens is 380 g/mol. The maximum atomic E-state index is 12.6. The number of rotatable bonds is 3. The number of aromatic nitrogens is 4. The fourth-order valence-corrected chi connectivity index (χ4v) is 3.68. The molecule has 0 spiro atoms. The highest BCUT2D eigenvalue weighted by Gasteiger charge is 2.29. The number of H-pyrrole nitrogens is 3. The third-order valence-corrected chi connectivity index (χ3v) is 5.33. The predicted molar refractivity (Wildman–Crippen MR) is 107 cm³/mol. The smallest absolute Gasteiger partial charge is 0.272 e. The maximum Gasteiger partial charge on any atom is 0.272 e. The number of phenols is 1. The SMILES string of the molecule is Cc1cc(O)c(C(c2c(C)[nH][nH]c2=O)c2n[nH]c(=O)c3ccccc23)cc1Cl. The van der Waals surface area contributed by atoms with Crippen molar-refractivity contribution in [2.45, 2.75) is 19.8 Å². The van der Waals surface area contributed by atoms with Gasteiger partial charge >= 0.3 is 0 Å². The molecule has 0 aliphatic rings. The first-order valence-corrected chi connectivity index (χ1v) is 8.99. The minimum Gasteiger partial charge on any atom is -0.508 e. The Morgan fingerprint density at radius 3 is 2.43 bits per heavy atom. The largest absolute Gasteiger partial charge is 0.508 e. The summed E-state index contributed by atoms with van der Waals surface area (Å²) in [5, 5.41) is 24.3. The average Bonchev–Trinajstić information content (AvgIpc) is 3.00. The monoisotopic (exact) mass is 396 g/mol. The molecule has 4 aromatic rings. The summed E-state index contributed by atoms with van der Waals surface area (Å²) in [6, 6.07) is 10.2. The van der Waals surface area contributed by atoms with Crippen molar-refractivity contribution < 1.29 is 5.11 Å². The molecule has 7 nitrogen and oxygen atoms in total. The van der Waals surface area contributed by atoms with Gasteiger partial charge in [0.25, 0.3) is 11.1 Å². The highest BCUT2D eigenvalue weighted by Crippen LogP contribution is 2.39. The molecule has 0 radical (unpaired) electrons. The zero-order valence-corrected chi connectivity index (χ0v) is 15.9. The molecule has 0 aliphatic carbocycles. The molecule has 2 aromatic carbocycles. The lowest BCUT2D eigenvalue weighted by Crippen LogP contribution is -2.19. The van der Waals surface area contributed by atoms with E-state index in [-0.39, 0.29) is 16.9 Å². The summed E-state index contributed by atoms with van der Waals surface area (Å²) in [4.78, 5) is 24.8. The average molecular weight is 397 g/mol. The first-order chi connectivity index (χ1) is 13.4. The first kappa shape index (κ1) is 18.1. The normalized spacial score (nSPS) is 12.4. The Morgan fingerprint density at radius 2 is 1.75 bits per heavy atom. The third-order valence-electron chi connectivity index (χ3n) is 4.92. The van der Waals surface area contributed by atoms with Gasteiger partial charge in [-0.2, -0.15) is 5.10 Å². The highest BCUT2D eigenvalue weighted by atomic mass is 35.5. The van der Waals surface area contributed by atoms with Gasteiger partial charge in [0, 0.05) is 21.7 Å². The number of aromatic amines is 3. The molecule has 8 heteroatoms. The molecule has 1 unspecified atom stereocenters. The molecule has 1 atom stereocenters. The summed E-state index contributed by atoms with van der Waals surface area (Å²) in [6.07, 6.45) is 0. The molecule has 28 heavy (non-hydrogen) atoms. The van der Waals surface area contributed by atoms with Crippen LogP contribution in [-0.2, 0) is 0 Å². The van der Waals surface area contributed by atoms with E-state index < -0.39 is 5.92 Å². The molecule has 2 aromatic heterocycles. The molecule has 0 amide bonds. The van der Waals surface area contributed by atoms with E-state index in [1.54, 1.807) is 50.2 Å². The van der Waals surface area contributed by atoms with Crippen LogP contribution in [0.25, 0.3) is 10.8 Å². The Labute approximate surface area is 164 Å². The second kappa shape index (κ2) is 6.69. The summed E-state index contributed by atoms with van der Waals surface area (Å²) >= 11 is 6.32. The quantitative estimate of drug-likeness (QED) is 0.426.